The Morgan fingerprint density at radius 2 is 1.57 bits per heavy atom. The second-order valence-corrected chi connectivity index (χ2v) is 14.4. The summed E-state index contributed by atoms with van der Waals surface area (Å²) >= 11 is 0. The molecule has 1 saturated carbocycles. The third-order valence-electron chi connectivity index (χ3n) is 9.84. The van der Waals surface area contributed by atoms with Gasteiger partial charge >= 0.3 is 18.0 Å². The molecular formula is C29H27F8N3O6S. The van der Waals surface area contributed by atoms with Gasteiger partial charge < -0.3 is 20.1 Å². The topological polar surface area (TPSA) is 125 Å². The summed E-state index contributed by atoms with van der Waals surface area (Å²) in [4.78, 5) is 27.2. The molecule has 3 N–H and O–H groups in total. The van der Waals surface area contributed by atoms with Crippen molar-refractivity contribution in [3.8, 4) is 5.75 Å². The smallest absolute Gasteiger partial charge is 0.435 e. The molecule has 1 spiro atoms. The fourth-order valence-corrected chi connectivity index (χ4v) is 9.68. The average Bonchev–Trinajstić information content (AvgIpc) is 3.53. The summed E-state index contributed by atoms with van der Waals surface area (Å²) in [5.74, 6) is -3.19. The second kappa shape index (κ2) is 10.7. The number of hydrogen-bond donors (Lipinski definition) is 3. The lowest BCUT2D eigenvalue weighted by atomic mass is 9.76. The summed E-state index contributed by atoms with van der Waals surface area (Å²) < 4.78 is 142. The molecule has 18 heteroatoms. The van der Waals surface area contributed by atoms with E-state index in [0.29, 0.717) is 6.07 Å². The van der Waals surface area contributed by atoms with Crippen molar-refractivity contribution in [2.24, 2.45) is 5.92 Å². The highest BCUT2D eigenvalue weighted by atomic mass is 32.2. The molecule has 3 aliphatic heterocycles. The van der Waals surface area contributed by atoms with Crippen molar-refractivity contribution < 1.29 is 63.0 Å². The van der Waals surface area contributed by atoms with E-state index in [4.69, 9.17) is 4.74 Å². The Balaban J connectivity index is 1.41. The molecule has 4 aliphatic rings. The number of aliphatic hydroxyl groups excluding tert-OH is 1. The van der Waals surface area contributed by atoms with E-state index in [0.717, 1.165) is 24.3 Å². The number of nitrogens with one attached hydrogen (secondary N) is 2. The van der Waals surface area contributed by atoms with Crippen molar-refractivity contribution >= 4 is 21.7 Å². The Morgan fingerprint density at radius 3 is 2.13 bits per heavy atom. The van der Waals surface area contributed by atoms with Crippen LogP contribution in [0.5, 0.6) is 5.75 Å². The van der Waals surface area contributed by atoms with Gasteiger partial charge in [0, 0.05) is 23.6 Å². The van der Waals surface area contributed by atoms with Crippen LogP contribution in [0.15, 0.2) is 47.4 Å². The van der Waals surface area contributed by atoms with Gasteiger partial charge in [0.1, 0.15) is 28.5 Å². The van der Waals surface area contributed by atoms with Gasteiger partial charge in [0.15, 0.2) is 16.2 Å². The molecular weight excluding hydrogens is 670 g/mol. The monoisotopic (exact) mass is 697 g/mol. The van der Waals surface area contributed by atoms with E-state index < -0.39 is 96.9 Å². The highest BCUT2D eigenvalue weighted by molar-refractivity contribution is 7.92. The first-order valence-corrected chi connectivity index (χ1v) is 15.9. The van der Waals surface area contributed by atoms with Gasteiger partial charge in [-0.15, -0.1) is 0 Å². The molecule has 2 saturated heterocycles. The number of benzene rings is 2. The lowest BCUT2D eigenvalue weighted by Crippen LogP contribution is -2.57. The molecule has 3 atom stereocenters. The standard InChI is InChI=1S/C29H27F8N3O6S/c30-17-2-4-18(5-3-17)47(44,45)26-11-12-40(22(41)15-7-9-25(10-8-15)23(42)38-24(43)39-25)21(26)14-46-20-13-16(1-6-19(20)26)27(31,28(32,33)34)29(35,36)37/h1-6,13,15,21,24,39,43H,7-12,14H2,(H,38,42). The summed E-state index contributed by atoms with van der Waals surface area (Å²) in [6.07, 6.45) is -13.8. The minimum atomic E-state index is -6.43. The number of ether oxygens (including phenoxy) is 1. The Hall–Kier alpha value is -3.51. The number of rotatable bonds is 4. The SMILES string of the molecule is O=C(C1CCC2(CC1)NC(O)NC2=O)N1CCC2(S(=O)(=O)c3ccc(F)cc3)c3ccc(C(F)(C(F)(F)F)C(F)(F)F)cc3OCC12. The van der Waals surface area contributed by atoms with Crippen molar-refractivity contribution in [2.45, 2.75) is 77.7 Å². The van der Waals surface area contributed by atoms with Crippen LogP contribution in [0.25, 0.3) is 0 Å². The molecule has 2 aromatic carbocycles. The summed E-state index contributed by atoms with van der Waals surface area (Å²) in [6.45, 7) is -0.904. The number of hydrogen-bond acceptors (Lipinski definition) is 7. The average molecular weight is 698 g/mol. The van der Waals surface area contributed by atoms with Crippen LogP contribution >= 0.6 is 0 Å². The molecule has 1 aliphatic carbocycles. The van der Waals surface area contributed by atoms with Crippen LogP contribution in [0, 0.1) is 11.7 Å². The fraction of sp³-hybridized carbons (Fsp3) is 0.517. The quantitative estimate of drug-likeness (QED) is 0.329. The number of fused-ring (bicyclic) bond motifs is 3. The van der Waals surface area contributed by atoms with E-state index in [2.05, 4.69) is 10.6 Å². The van der Waals surface area contributed by atoms with Crippen molar-refractivity contribution in [1.29, 1.82) is 0 Å². The number of carbonyl (C=O) groups is 2. The summed E-state index contributed by atoms with van der Waals surface area (Å²) in [7, 11) is -4.69. The molecule has 2 amide bonds. The predicted molar refractivity (Wildman–Crippen MR) is 144 cm³/mol. The molecule has 0 bridgehead atoms. The fourth-order valence-electron chi connectivity index (χ4n) is 7.40. The molecule has 2 aromatic rings. The minimum absolute atomic E-state index is 0.162. The van der Waals surface area contributed by atoms with Gasteiger partial charge in [0.25, 0.3) is 0 Å². The Bertz CT molecular complexity index is 1700. The van der Waals surface area contributed by atoms with Crippen LogP contribution in [0.1, 0.15) is 43.2 Å². The normalized spacial score (nSPS) is 29.7. The number of carbonyl (C=O) groups excluding carboxylic acids is 2. The number of aliphatic hydroxyl groups is 1. The highest BCUT2D eigenvalue weighted by Gasteiger charge is 2.74. The van der Waals surface area contributed by atoms with Crippen molar-refractivity contribution in [2.75, 3.05) is 13.2 Å². The predicted octanol–water partition coefficient (Wildman–Crippen LogP) is 3.70. The van der Waals surface area contributed by atoms with Gasteiger partial charge in [-0.05, 0) is 62.4 Å². The van der Waals surface area contributed by atoms with E-state index in [1.54, 1.807) is 0 Å². The first-order valence-electron chi connectivity index (χ1n) is 14.5. The van der Waals surface area contributed by atoms with Crippen LogP contribution in [-0.4, -0.2) is 73.7 Å². The zero-order valence-corrected chi connectivity index (χ0v) is 24.9. The van der Waals surface area contributed by atoms with Gasteiger partial charge in [-0.2, -0.15) is 26.3 Å². The highest BCUT2D eigenvalue weighted by Crippen LogP contribution is 2.57. The first kappa shape index (κ1) is 33.4. The number of sulfone groups is 1. The zero-order chi connectivity index (χ0) is 34.4. The summed E-state index contributed by atoms with van der Waals surface area (Å²) in [6, 6.07) is 3.27. The zero-order valence-electron chi connectivity index (χ0n) is 24.1. The van der Waals surface area contributed by atoms with Gasteiger partial charge in [-0.1, -0.05) is 12.1 Å². The Kier molecular flexibility index (Phi) is 7.64. The Morgan fingerprint density at radius 1 is 0.957 bits per heavy atom. The van der Waals surface area contributed by atoms with Gasteiger partial charge in [-0.25, -0.2) is 17.2 Å². The molecule has 3 fully saturated rings. The van der Waals surface area contributed by atoms with E-state index >= 15 is 0 Å². The number of halogens is 8. The maximum Gasteiger partial charge on any atom is 0.435 e. The lowest BCUT2D eigenvalue weighted by Gasteiger charge is -2.43. The maximum atomic E-state index is 15.0. The van der Waals surface area contributed by atoms with E-state index in [1.807, 2.05) is 0 Å². The van der Waals surface area contributed by atoms with E-state index in [9.17, 15) is 58.2 Å². The second-order valence-electron chi connectivity index (χ2n) is 12.2. The number of nitrogens with zero attached hydrogens (tertiary/aromatic N) is 1. The minimum Gasteiger partial charge on any atom is -0.491 e. The van der Waals surface area contributed by atoms with Crippen LogP contribution in [0.4, 0.5) is 35.1 Å². The third-order valence-corrected chi connectivity index (χ3v) is 12.4. The Labute approximate surface area is 262 Å². The molecule has 3 heterocycles. The van der Waals surface area contributed by atoms with Crippen LogP contribution in [0.2, 0.25) is 0 Å². The molecule has 0 aromatic heterocycles. The van der Waals surface area contributed by atoms with Crippen molar-refractivity contribution in [3.05, 3.63) is 59.4 Å². The molecule has 256 valence electrons. The molecule has 47 heavy (non-hydrogen) atoms. The van der Waals surface area contributed by atoms with Crippen LogP contribution in [-0.2, 0) is 29.8 Å². The lowest BCUT2D eigenvalue weighted by molar-refractivity contribution is -0.348. The summed E-state index contributed by atoms with van der Waals surface area (Å²) in [5, 5.41) is 14.9. The summed E-state index contributed by atoms with van der Waals surface area (Å²) in [5.41, 5.74) is -9.16. The van der Waals surface area contributed by atoms with E-state index in [1.165, 1.54) is 4.90 Å². The number of amides is 2. The maximum absolute atomic E-state index is 15.0. The van der Waals surface area contributed by atoms with Gasteiger partial charge in [0.05, 0.1) is 10.9 Å². The molecule has 6 rings (SSSR count). The number of likely N-dealkylation sites (tertiary alicyclic amines) is 1. The van der Waals surface area contributed by atoms with Crippen LogP contribution in [0.3, 0.4) is 0 Å². The van der Waals surface area contributed by atoms with Crippen molar-refractivity contribution in [1.82, 2.24) is 15.5 Å². The van der Waals surface area contributed by atoms with E-state index in [-0.39, 0.29) is 56.3 Å². The number of alkyl halides is 7. The van der Waals surface area contributed by atoms with Crippen molar-refractivity contribution in [3.63, 3.8) is 0 Å². The largest absolute Gasteiger partial charge is 0.491 e. The molecule has 3 unspecified atom stereocenters. The third kappa shape index (κ3) is 4.80. The van der Waals surface area contributed by atoms with Gasteiger partial charge in [-0.3, -0.25) is 14.9 Å². The molecule has 9 nitrogen and oxygen atoms in total. The van der Waals surface area contributed by atoms with Gasteiger partial charge in [0.2, 0.25) is 11.8 Å². The first-order chi connectivity index (χ1) is 21.8. The van der Waals surface area contributed by atoms with Crippen LogP contribution < -0.4 is 15.4 Å². The molecule has 0 radical (unpaired) electrons.